The maximum absolute atomic E-state index is 11.7. The molecule has 0 saturated carbocycles. The number of hydrogen-bond donors (Lipinski definition) is 2. The summed E-state index contributed by atoms with van der Waals surface area (Å²) in [5, 5.41) is 11.6. The molecule has 100 valence electrons. The van der Waals surface area contributed by atoms with E-state index in [9.17, 15) is 9.59 Å². The van der Waals surface area contributed by atoms with E-state index in [0.717, 1.165) is 6.42 Å². The van der Waals surface area contributed by atoms with Gasteiger partial charge < -0.3 is 10.4 Å². The molecule has 0 spiro atoms. The Hall–Kier alpha value is -1.06. The molecule has 0 aliphatic heterocycles. The summed E-state index contributed by atoms with van der Waals surface area (Å²) >= 11 is 0. The molecule has 0 bridgehead atoms. The van der Waals surface area contributed by atoms with E-state index in [2.05, 4.69) is 33.0 Å². The van der Waals surface area contributed by atoms with Crippen LogP contribution in [0.15, 0.2) is 0 Å². The Morgan fingerprint density at radius 3 is 2.18 bits per heavy atom. The van der Waals surface area contributed by atoms with Gasteiger partial charge in [0.2, 0.25) is 5.91 Å². The van der Waals surface area contributed by atoms with Crippen LogP contribution in [0, 0.1) is 17.3 Å². The minimum absolute atomic E-state index is 0.000616. The lowest BCUT2D eigenvalue weighted by Crippen LogP contribution is -2.40. The highest BCUT2D eigenvalue weighted by atomic mass is 16.4. The first kappa shape index (κ1) is 15.9. The first-order valence-electron chi connectivity index (χ1n) is 6.20. The molecule has 0 aromatic rings. The van der Waals surface area contributed by atoms with E-state index in [1.54, 1.807) is 6.92 Å². The zero-order chi connectivity index (χ0) is 13.6. The average molecular weight is 243 g/mol. The smallest absolute Gasteiger partial charge is 0.316 e. The van der Waals surface area contributed by atoms with Gasteiger partial charge in [-0.15, -0.1) is 0 Å². The molecule has 1 atom stereocenters. The van der Waals surface area contributed by atoms with Crippen molar-refractivity contribution >= 4 is 11.9 Å². The van der Waals surface area contributed by atoms with Gasteiger partial charge in [0.1, 0.15) is 5.92 Å². The van der Waals surface area contributed by atoms with Gasteiger partial charge in [-0.25, -0.2) is 0 Å². The zero-order valence-corrected chi connectivity index (χ0v) is 11.5. The second-order valence-electron chi connectivity index (χ2n) is 5.78. The molecule has 0 heterocycles. The van der Waals surface area contributed by atoms with Crippen LogP contribution < -0.4 is 5.32 Å². The van der Waals surface area contributed by atoms with Crippen LogP contribution in [0.25, 0.3) is 0 Å². The highest BCUT2D eigenvalue weighted by Gasteiger charge is 2.26. The summed E-state index contributed by atoms with van der Waals surface area (Å²) in [5.41, 5.74) is 0.000616. The molecule has 0 fully saturated rings. The van der Waals surface area contributed by atoms with Crippen LogP contribution in [-0.4, -0.2) is 23.5 Å². The summed E-state index contributed by atoms with van der Waals surface area (Å²) in [6.07, 6.45) is 1.32. The average Bonchev–Trinajstić information content (AvgIpc) is 2.13. The number of amides is 1. The summed E-state index contributed by atoms with van der Waals surface area (Å²) < 4.78 is 0. The lowest BCUT2D eigenvalue weighted by Gasteiger charge is -2.27. The number of nitrogens with one attached hydrogen (secondary N) is 1. The predicted molar refractivity (Wildman–Crippen MR) is 67.7 cm³/mol. The molecule has 4 nitrogen and oxygen atoms in total. The Labute approximate surface area is 104 Å². The van der Waals surface area contributed by atoms with Gasteiger partial charge in [0.05, 0.1) is 0 Å². The third kappa shape index (κ3) is 6.29. The molecule has 1 amide bonds. The number of rotatable bonds is 7. The second-order valence-corrected chi connectivity index (χ2v) is 5.78. The van der Waals surface area contributed by atoms with Crippen LogP contribution in [-0.2, 0) is 9.59 Å². The first-order valence-corrected chi connectivity index (χ1v) is 6.20. The summed E-state index contributed by atoms with van der Waals surface area (Å²) in [6, 6.07) is 0. The Kier molecular flexibility index (Phi) is 6.21. The minimum Gasteiger partial charge on any atom is -0.481 e. The van der Waals surface area contributed by atoms with Gasteiger partial charge in [0.15, 0.2) is 0 Å². The Bertz CT molecular complexity index is 272. The van der Waals surface area contributed by atoms with Crippen LogP contribution >= 0.6 is 0 Å². The number of aliphatic carboxylic acids is 1. The maximum atomic E-state index is 11.7. The van der Waals surface area contributed by atoms with Crippen molar-refractivity contribution in [2.24, 2.45) is 17.3 Å². The fourth-order valence-corrected chi connectivity index (χ4v) is 2.10. The maximum Gasteiger partial charge on any atom is 0.316 e. The van der Waals surface area contributed by atoms with Crippen molar-refractivity contribution in [3.05, 3.63) is 0 Å². The summed E-state index contributed by atoms with van der Waals surface area (Å²) in [4.78, 5) is 22.5. The monoisotopic (exact) mass is 243 g/mol. The number of carboxylic acid groups (broad SMARTS) is 1. The van der Waals surface area contributed by atoms with Gasteiger partial charge >= 0.3 is 5.97 Å². The molecule has 0 aliphatic carbocycles. The highest BCUT2D eigenvalue weighted by molar-refractivity contribution is 5.96. The van der Waals surface area contributed by atoms with Crippen molar-refractivity contribution in [2.75, 3.05) is 6.54 Å². The number of carbonyl (C=O) groups excluding carboxylic acids is 1. The summed E-state index contributed by atoms with van der Waals surface area (Å²) in [6.45, 7) is 10.7. The highest BCUT2D eigenvalue weighted by Crippen LogP contribution is 2.24. The van der Waals surface area contributed by atoms with Crippen molar-refractivity contribution in [3.63, 3.8) is 0 Å². The van der Waals surface area contributed by atoms with Crippen LogP contribution in [0.3, 0.4) is 0 Å². The Balaban J connectivity index is 4.27. The van der Waals surface area contributed by atoms with Crippen molar-refractivity contribution in [1.82, 2.24) is 5.32 Å². The SMILES string of the molecule is CCC(C(=O)O)C(=O)NCC(C)(C)CC(C)C. The molecule has 1 unspecified atom stereocenters. The van der Waals surface area contributed by atoms with Crippen molar-refractivity contribution < 1.29 is 14.7 Å². The number of carboxylic acids is 1. The molecule has 0 aromatic heterocycles. The Morgan fingerprint density at radius 1 is 1.29 bits per heavy atom. The molecule has 0 radical (unpaired) electrons. The van der Waals surface area contributed by atoms with E-state index in [1.165, 1.54) is 0 Å². The molecular formula is C13H25NO3. The predicted octanol–water partition coefficient (Wildman–Crippen LogP) is 2.29. The van der Waals surface area contributed by atoms with Gasteiger partial charge in [-0.1, -0.05) is 34.6 Å². The van der Waals surface area contributed by atoms with Gasteiger partial charge in [0.25, 0.3) is 0 Å². The van der Waals surface area contributed by atoms with E-state index in [1.807, 2.05) is 0 Å². The van der Waals surface area contributed by atoms with E-state index in [0.29, 0.717) is 18.9 Å². The van der Waals surface area contributed by atoms with Crippen molar-refractivity contribution in [2.45, 2.75) is 47.5 Å². The molecule has 2 N–H and O–H groups in total. The lowest BCUT2D eigenvalue weighted by molar-refractivity contribution is -0.147. The minimum atomic E-state index is -1.05. The molecular weight excluding hydrogens is 218 g/mol. The third-order valence-corrected chi connectivity index (χ3v) is 2.72. The third-order valence-electron chi connectivity index (χ3n) is 2.72. The molecule has 0 aliphatic rings. The van der Waals surface area contributed by atoms with Gasteiger partial charge in [-0.2, -0.15) is 0 Å². The number of hydrogen-bond acceptors (Lipinski definition) is 2. The van der Waals surface area contributed by atoms with E-state index in [4.69, 9.17) is 5.11 Å². The quantitative estimate of drug-likeness (QED) is 0.674. The van der Waals surface area contributed by atoms with Crippen molar-refractivity contribution in [3.8, 4) is 0 Å². The molecule has 4 heteroatoms. The summed E-state index contributed by atoms with van der Waals surface area (Å²) in [7, 11) is 0. The normalized spacial score (nSPS) is 13.5. The molecule has 17 heavy (non-hydrogen) atoms. The molecule has 0 saturated heterocycles. The van der Waals surface area contributed by atoms with Gasteiger partial charge in [-0.3, -0.25) is 9.59 Å². The van der Waals surface area contributed by atoms with Gasteiger partial charge in [-0.05, 0) is 24.2 Å². The lowest BCUT2D eigenvalue weighted by atomic mass is 9.84. The topological polar surface area (TPSA) is 66.4 Å². The van der Waals surface area contributed by atoms with E-state index in [-0.39, 0.29) is 11.3 Å². The van der Waals surface area contributed by atoms with Crippen LogP contribution in [0.2, 0.25) is 0 Å². The van der Waals surface area contributed by atoms with E-state index >= 15 is 0 Å². The largest absolute Gasteiger partial charge is 0.481 e. The summed E-state index contributed by atoms with van der Waals surface area (Å²) in [5.74, 6) is -1.79. The first-order chi connectivity index (χ1) is 7.69. The standard InChI is InChI=1S/C13H25NO3/c1-6-10(12(16)17)11(15)14-8-13(4,5)7-9(2)3/h9-10H,6-8H2,1-5H3,(H,14,15)(H,16,17). The zero-order valence-electron chi connectivity index (χ0n) is 11.5. The van der Waals surface area contributed by atoms with Crippen LogP contribution in [0.5, 0.6) is 0 Å². The van der Waals surface area contributed by atoms with Crippen molar-refractivity contribution in [1.29, 1.82) is 0 Å². The van der Waals surface area contributed by atoms with Crippen LogP contribution in [0.4, 0.5) is 0 Å². The van der Waals surface area contributed by atoms with Gasteiger partial charge in [0, 0.05) is 6.54 Å². The molecule has 0 rings (SSSR count). The second kappa shape index (κ2) is 6.62. The fraction of sp³-hybridized carbons (Fsp3) is 0.846. The van der Waals surface area contributed by atoms with E-state index < -0.39 is 11.9 Å². The number of carbonyl (C=O) groups is 2. The Morgan fingerprint density at radius 2 is 1.82 bits per heavy atom. The fourth-order valence-electron chi connectivity index (χ4n) is 2.10. The molecule has 0 aromatic carbocycles. The van der Waals surface area contributed by atoms with Crippen LogP contribution in [0.1, 0.15) is 47.5 Å².